The van der Waals surface area contributed by atoms with E-state index in [1.165, 1.54) is 6.08 Å². The highest BCUT2D eigenvalue weighted by Crippen LogP contribution is 2.06. The third kappa shape index (κ3) is 3.53. The minimum absolute atomic E-state index is 0.528. The quantitative estimate of drug-likeness (QED) is 0.710. The summed E-state index contributed by atoms with van der Waals surface area (Å²) in [5.74, 6) is 0. The molecule has 0 heterocycles. The first-order valence-corrected chi connectivity index (χ1v) is 5.90. The maximum atomic E-state index is 10.8. The van der Waals surface area contributed by atoms with Crippen LogP contribution in [0.2, 0.25) is 0 Å². The van der Waals surface area contributed by atoms with E-state index >= 15 is 0 Å². The molecule has 0 N–H and O–H groups in total. The fraction of sp³-hybridized carbons (Fsp3) is 0.100. The van der Waals surface area contributed by atoms with E-state index in [1.807, 2.05) is 0 Å². The lowest BCUT2D eigenvalue weighted by Crippen LogP contribution is -1.88. The second kappa shape index (κ2) is 4.19. The normalized spacial score (nSPS) is 11.8. The van der Waals surface area contributed by atoms with Crippen LogP contribution in [-0.4, -0.2) is 21.0 Å². The van der Waals surface area contributed by atoms with Crippen molar-refractivity contribution >= 4 is 22.2 Å². The molecule has 0 bridgehead atoms. The number of carbonyl (C=O) groups is 1. The summed E-state index contributed by atoms with van der Waals surface area (Å²) < 4.78 is 21.6. The first-order chi connectivity index (χ1) is 6.51. The molecule has 1 aromatic rings. The Bertz CT molecular complexity index is 458. The Labute approximate surface area is 83.0 Å². The Morgan fingerprint density at radius 1 is 1.21 bits per heavy atom. The average Bonchev–Trinajstić information content (AvgIpc) is 2.14. The van der Waals surface area contributed by atoms with Gasteiger partial charge < -0.3 is 0 Å². The number of hydrogen-bond donors (Lipinski definition) is 0. The predicted octanol–water partition coefficient (Wildman–Crippen LogP) is 1.51. The van der Waals surface area contributed by atoms with Gasteiger partial charge in [-0.25, -0.2) is 8.42 Å². The lowest BCUT2D eigenvalue weighted by molar-refractivity contribution is 0.112. The van der Waals surface area contributed by atoms with Gasteiger partial charge in [-0.05, 0) is 17.7 Å². The Hall–Kier alpha value is -1.42. The van der Waals surface area contributed by atoms with E-state index in [2.05, 4.69) is 0 Å². The van der Waals surface area contributed by atoms with Gasteiger partial charge in [0, 0.05) is 17.2 Å². The van der Waals surface area contributed by atoms with Crippen molar-refractivity contribution < 1.29 is 13.2 Å². The number of carbonyl (C=O) groups excluding carboxylic acids is 1. The van der Waals surface area contributed by atoms with Crippen LogP contribution in [0.1, 0.15) is 15.9 Å². The molecule has 4 heteroatoms. The van der Waals surface area contributed by atoms with Crippen molar-refractivity contribution in [2.75, 3.05) is 6.26 Å². The van der Waals surface area contributed by atoms with Crippen LogP contribution in [0.4, 0.5) is 0 Å². The van der Waals surface area contributed by atoms with Crippen LogP contribution in [0, 0.1) is 0 Å². The smallest absolute Gasteiger partial charge is 0.168 e. The largest absolute Gasteiger partial charge is 0.298 e. The summed E-state index contributed by atoms with van der Waals surface area (Å²) in [4.78, 5) is 10.4. The third-order valence-corrected chi connectivity index (χ3v) is 2.18. The molecule has 1 rings (SSSR count). The average molecular weight is 210 g/mol. The number of aldehydes is 1. The molecule has 0 radical (unpaired) electrons. The fourth-order valence-corrected chi connectivity index (χ4v) is 1.34. The fourth-order valence-electron chi connectivity index (χ4n) is 0.938. The van der Waals surface area contributed by atoms with Gasteiger partial charge in [-0.1, -0.05) is 18.2 Å². The zero-order valence-corrected chi connectivity index (χ0v) is 8.49. The molecule has 3 nitrogen and oxygen atoms in total. The molecule has 0 saturated carbocycles. The number of hydrogen-bond acceptors (Lipinski definition) is 3. The molecule has 0 aliphatic heterocycles. The SMILES string of the molecule is CS(=O)(=O)/C=C/c1cccc(C=O)c1. The Morgan fingerprint density at radius 3 is 2.43 bits per heavy atom. The molecular formula is C10H10O3S. The summed E-state index contributed by atoms with van der Waals surface area (Å²) in [6, 6.07) is 6.71. The van der Waals surface area contributed by atoms with Gasteiger partial charge in [-0.3, -0.25) is 4.79 Å². The van der Waals surface area contributed by atoms with Crippen molar-refractivity contribution in [2.24, 2.45) is 0 Å². The summed E-state index contributed by atoms with van der Waals surface area (Å²) in [5.41, 5.74) is 1.22. The van der Waals surface area contributed by atoms with Gasteiger partial charge >= 0.3 is 0 Å². The van der Waals surface area contributed by atoms with E-state index in [-0.39, 0.29) is 0 Å². The lowest BCUT2D eigenvalue weighted by Gasteiger charge is -1.93. The molecule has 0 atom stereocenters. The molecule has 0 spiro atoms. The second-order valence-electron chi connectivity index (χ2n) is 2.92. The molecule has 0 fully saturated rings. The summed E-state index contributed by atoms with van der Waals surface area (Å²) in [7, 11) is -3.11. The van der Waals surface area contributed by atoms with E-state index < -0.39 is 9.84 Å². The molecule has 0 amide bonds. The first-order valence-electron chi connectivity index (χ1n) is 3.95. The molecule has 0 unspecified atom stereocenters. The minimum atomic E-state index is -3.11. The van der Waals surface area contributed by atoms with Crippen molar-refractivity contribution in [3.05, 3.63) is 40.8 Å². The zero-order chi connectivity index (χ0) is 10.6. The van der Waals surface area contributed by atoms with Crippen LogP contribution >= 0.6 is 0 Å². The molecule has 74 valence electrons. The van der Waals surface area contributed by atoms with Crippen LogP contribution < -0.4 is 0 Å². The van der Waals surface area contributed by atoms with Crippen molar-refractivity contribution in [3.63, 3.8) is 0 Å². The monoisotopic (exact) mass is 210 g/mol. The second-order valence-corrected chi connectivity index (χ2v) is 4.85. The molecule has 0 saturated heterocycles. The lowest BCUT2D eigenvalue weighted by atomic mass is 10.1. The Morgan fingerprint density at radius 2 is 1.86 bits per heavy atom. The van der Waals surface area contributed by atoms with Crippen LogP contribution in [-0.2, 0) is 9.84 Å². The summed E-state index contributed by atoms with van der Waals surface area (Å²) in [6.45, 7) is 0. The number of sulfone groups is 1. The maximum Gasteiger partial charge on any atom is 0.168 e. The van der Waals surface area contributed by atoms with Crippen LogP contribution in [0.15, 0.2) is 29.7 Å². The molecule has 0 aromatic heterocycles. The zero-order valence-electron chi connectivity index (χ0n) is 7.67. The molecule has 1 aromatic carbocycles. The Balaban J connectivity index is 2.98. The highest BCUT2D eigenvalue weighted by Gasteiger charge is 1.94. The van der Waals surface area contributed by atoms with Crippen molar-refractivity contribution in [2.45, 2.75) is 0 Å². The summed E-state index contributed by atoms with van der Waals surface area (Å²) in [6.07, 6.45) is 3.30. The van der Waals surface area contributed by atoms with E-state index in [1.54, 1.807) is 24.3 Å². The first kappa shape index (κ1) is 10.7. The van der Waals surface area contributed by atoms with Gasteiger partial charge in [-0.15, -0.1) is 0 Å². The van der Waals surface area contributed by atoms with Crippen LogP contribution in [0.3, 0.4) is 0 Å². The van der Waals surface area contributed by atoms with Gasteiger partial charge in [-0.2, -0.15) is 0 Å². The third-order valence-electron chi connectivity index (χ3n) is 1.55. The van der Waals surface area contributed by atoms with E-state index in [4.69, 9.17) is 0 Å². The van der Waals surface area contributed by atoms with Gasteiger partial charge in [0.2, 0.25) is 0 Å². The van der Waals surface area contributed by atoms with Crippen LogP contribution in [0.25, 0.3) is 6.08 Å². The summed E-state index contributed by atoms with van der Waals surface area (Å²) >= 11 is 0. The van der Waals surface area contributed by atoms with Gasteiger partial charge in [0.1, 0.15) is 6.29 Å². The van der Waals surface area contributed by atoms with E-state index in [0.717, 1.165) is 17.9 Å². The number of benzene rings is 1. The van der Waals surface area contributed by atoms with Crippen molar-refractivity contribution in [1.82, 2.24) is 0 Å². The van der Waals surface area contributed by atoms with E-state index in [0.29, 0.717) is 11.1 Å². The Kier molecular flexibility index (Phi) is 3.19. The maximum absolute atomic E-state index is 10.8. The van der Waals surface area contributed by atoms with Gasteiger partial charge in [0.25, 0.3) is 0 Å². The van der Waals surface area contributed by atoms with E-state index in [9.17, 15) is 13.2 Å². The molecule has 0 aliphatic rings. The minimum Gasteiger partial charge on any atom is -0.298 e. The van der Waals surface area contributed by atoms with Crippen molar-refractivity contribution in [1.29, 1.82) is 0 Å². The number of rotatable bonds is 3. The van der Waals surface area contributed by atoms with Gasteiger partial charge in [0.05, 0.1) is 0 Å². The highest BCUT2D eigenvalue weighted by molar-refractivity contribution is 7.93. The standard InChI is InChI=1S/C10H10O3S/c1-14(12,13)6-5-9-3-2-4-10(7-9)8-11/h2-8H,1H3/b6-5+. The molecule has 0 aliphatic carbocycles. The molecule has 14 heavy (non-hydrogen) atoms. The highest BCUT2D eigenvalue weighted by atomic mass is 32.2. The predicted molar refractivity (Wildman–Crippen MR) is 55.7 cm³/mol. The topological polar surface area (TPSA) is 51.2 Å². The van der Waals surface area contributed by atoms with Crippen LogP contribution in [0.5, 0.6) is 0 Å². The molecular weight excluding hydrogens is 200 g/mol. The summed E-state index contributed by atoms with van der Waals surface area (Å²) in [5, 5.41) is 1.11. The van der Waals surface area contributed by atoms with Gasteiger partial charge in [0.15, 0.2) is 9.84 Å². The van der Waals surface area contributed by atoms with Crippen molar-refractivity contribution in [3.8, 4) is 0 Å².